The molecule has 0 aromatic carbocycles. The van der Waals surface area contributed by atoms with Crippen molar-refractivity contribution in [2.75, 3.05) is 19.6 Å². The SMILES string of the molecule is CCN(CC)CC(C)OC(=O)[C@@H]1CCCC[C@@]1(O)C1CCCCC1.O=P(O)(O)O. The van der Waals surface area contributed by atoms with E-state index in [-0.39, 0.29) is 23.9 Å². The van der Waals surface area contributed by atoms with Crippen LogP contribution in [0.5, 0.6) is 0 Å². The lowest BCUT2D eigenvalue weighted by Crippen LogP contribution is -2.52. The van der Waals surface area contributed by atoms with Gasteiger partial charge in [0.05, 0.1) is 11.5 Å². The number of hydrogen-bond acceptors (Lipinski definition) is 5. The lowest BCUT2D eigenvalue weighted by atomic mass is 9.64. The molecule has 4 N–H and O–H groups in total. The van der Waals surface area contributed by atoms with Crippen molar-refractivity contribution in [2.24, 2.45) is 11.8 Å². The molecule has 29 heavy (non-hydrogen) atoms. The van der Waals surface area contributed by atoms with Crippen molar-refractivity contribution >= 4 is 13.8 Å². The molecule has 2 aliphatic carbocycles. The fourth-order valence-corrected chi connectivity index (χ4v) is 4.76. The summed E-state index contributed by atoms with van der Waals surface area (Å²) in [6.45, 7) is 8.93. The fourth-order valence-electron chi connectivity index (χ4n) is 4.76. The summed E-state index contributed by atoms with van der Waals surface area (Å²) in [7, 11) is -4.64. The molecule has 0 saturated heterocycles. The molecule has 0 spiro atoms. The molecule has 0 aliphatic heterocycles. The van der Waals surface area contributed by atoms with Crippen molar-refractivity contribution in [1.82, 2.24) is 4.90 Å². The summed E-state index contributed by atoms with van der Waals surface area (Å²) in [5.41, 5.74) is -0.829. The van der Waals surface area contributed by atoms with Crippen LogP contribution in [0.3, 0.4) is 0 Å². The van der Waals surface area contributed by atoms with Crippen LogP contribution >= 0.6 is 7.82 Å². The van der Waals surface area contributed by atoms with E-state index in [1.165, 1.54) is 19.3 Å². The van der Waals surface area contributed by atoms with Crippen molar-refractivity contribution in [2.45, 2.75) is 90.3 Å². The number of carbonyl (C=O) groups is 1. The van der Waals surface area contributed by atoms with Gasteiger partial charge in [-0.05, 0) is 51.6 Å². The van der Waals surface area contributed by atoms with E-state index in [1.807, 2.05) is 6.92 Å². The fraction of sp³-hybridized carbons (Fsp3) is 0.950. The van der Waals surface area contributed by atoms with Crippen LogP contribution in [-0.4, -0.2) is 62.0 Å². The Balaban J connectivity index is 0.000000749. The van der Waals surface area contributed by atoms with E-state index in [0.29, 0.717) is 0 Å². The molecule has 3 atom stereocenters. The highest BCUT2D eigenvalue weighted by atomic mass is 31.2. The van der Waals surface area contributed by atoms with Gasteiger partial charge >= 0.3 is 13.8 Å². The highest BCUT2D eigenvalue weighted by Gasteiger charge is 2.49. The van der Waals surface area contributed by atoms with E-state index in [4.69, 9.17) is 24.0 Å². The first-order valence-electron chi connectivity index (χ1n) is 10.9. The van der Waals surface area contributed by atoms with Gasteiger partial charge in [0.1, 0.15) is 6.10 Å². The Kier molecular flexibility index (Phi) is 11.3. The third kappa shape index (κ3) is 9.45. The topological polar surface area (TPSA) is 128 Å². The van der Waals surface area contributed by atoms with Gasteiger partial charge in [-0.1, -0.05) is 46.0 Å². The van der Waals surface area contributed by atoms with E-state index in [0.717, 1.165) is 58.2 Å². The van der Waals surface area contributed by atoms with Crippen LogP contribution in [0.4, 0.5) is 0 Å². The molecular weight excluding hydrogens is 397 g/mol. The van der Waals surface area contributed by atoms with Crippen LogP contribution in [0.2, 0.25) is 0 Å². The lowest BCUT2D eigenvalue weighted by molar-refractivity contribution is -0.176. The third-order valence-corrected chi connectivity index (χ3v) is 6.25. The summed E-state index contributed by atoms with van der Waals surface area (Å²) >= 11 is 0. The monoisotopic (exact) mass is 437 g/mol. The smallest absolute Gasteiger partial charge is 0.461 e. The zero-order chi connectivity index (χ0) is 22.1. The molecule has 0 heterocycles. The molecule has 0 radical (unpaired) electrons. The number of rotatable bonds is 7. The van der Waals surface area contributed by atoms with E-state index in [2.05, 4.69) is 18.7 Å². The quantitative estimate of drug-likeness (QED) is 0.354. The predicted octanol–water partition coefficient (Wildman–Crippen LogP) is 2.83. The average molecular weight is 438 g/mol. The first-order valence-corrected chi connectivity index (χ1v) is 12.5. The van der Waals surface area contributed by atoms with E-state index in [9.17, 15) is 9.90 Å². The third-order valence-electron chi connectivity index (χ3n) is 6.25. The van der Waals surface area contributed by atoms with Crippen LogP contribution in [0.25, 0.3) is 0 Å². The molecule has 2 rings (SSSR count). The van der Waals surface area contributed by atoms with E-state index in [1.54, 1.807) is 0 Å². The van der Waals surface area contributed by atoms with Gasteiger partial charge in [0.15, 0.2) is 0 Å². The minimum atomic E-state index is -4.64. The summed E-state index contributed by atoms with van der Waals surface area (Å²) in [6.07, 6.45) is 9.26. The van der Waals surface area contributed by atoms with Crippen molar-refractivity contribution in [3.05, 3.63) is 0 Å². The molecule has 9 heteroatoms. The standard InChI is InChI=1S/C20H37NO3.H3O4P/c1-4-21(5-2)15-16(3)24-19(22)18-13-9-10-14-20(18,23)17-11-7-6-8-12-17;1-5(2,3)4/h16-18,23H,4-15H2,1-3H3;(H3,1,2,3,4)/t16?,18-,20+;/m0./s1. The predicted molar refractivity (Wildman–Crippen MR) is 111 cm³/mol. The van der Waals surface area contributed by atoms with Crippen LogP contribution in [0.1, 0.15) is 78.6 Å². The second-order valence-electron chi connectivity index (χ2n) is 8.37. The molecular formula is C20H40NO7P. The van der Waals surface area contributed by atoms with Gasteiger partial charge in [0, 0.05) is 6.54 Å². The largest absolute Gasteiger partial charge is 0.466 e. The molecule has 0 bridgehead atoms. The van der Waals surface area contributed by atoms with Gasteiger partial charge in [-0.15, -0.1) is 0 Å². The normalized spacial score (nSPS) is 27.1. The number of ether oxygens (including phenoxy) is 1. The van der Waals surface area contributed by atoms with E-state index < -0.39 is 13.4 Å². The Bertz CT molecular complexity index is 523. The molecule has 0 aromatic rings. The lowest BCUT2D eigenvalue weighted by Gasteiger charge is -2.45. The Hall–Kier alpha value is -0.500. The molecule has 2 fully saturated rings. The molecule has 2 saturated carbocycles. The maximum absolute atomic E-state index is 12.8. The summed E-state index contributed by atoms with van der Waals surface area (Å²) < 4.78 is 14.7. The van der Waals surface area contributed by atoms with Crippen molar-refractivity contribution < 1.29 is 33.9 Å². The van der Waals surface area contributed by atoms with E-state index >= 15 is 0 Å². The molecule has 0 aromatic heterocycles. The van der Waals surface area contributed by atoms with Crippen LogP contribution < -0.4 is 0 Å². The zero-order valence-electron chi connectivity index (χ0n) is 18.1. The van der Waals surface area contributed by atoms with Crippen molar-refractivity contribution in [3.63, 3.8) is 0 Å². The second-order valence-corrected chi connectivity index (χ2v) is 9.40. The summed E-state index contributed by atoms with van der Waals surface area (Å²) in [4.78, 5) is 36.7. The summed E-state index contributed by atoms with van der Waals surface area (Å²) in [5.74, 6) is -0.210. The van der Waals surface area contributed by atoms with Gasteiger partial charge in [-0.3, -0.25) is 4.79 Å². The number of carbonyl (C=O) groups excluding carboxylic acids is 1. The molecule has 8 nitrogen and oxygen atoms in total. The van der Waals surface area contributed by atoms with Gasteiger partial charge in [0.2, 0.25) is 0 Å². The minimum absolute atomic E-state index is 0.116. The average Bonchev–Trinajstić information content (AvgIpc) is 2.65. The zero-order valence-corrected chi connectivity index (χ0v) is 19.0. The number of esters is 1. The maximum atomic E-state index is 12.8. The Labute approximate surface area is 174 Å². The number of aliphatic hydroxyl groups is 1. The number of nitrogens with zero attached hydrogens (tertiary/aromatic N) is 1. The summed E-state index contributed by atoms with van der Waals surface area (Å²) in [5, 5.41) is 11.4. The van der Waals surface area contributed by atoms with Crippen LogP contribution in [-0.2, 0) is 14.1 Å². The van der Waals surface area contributed by atoms with Crippen LogP contribution in [0.15, 0.2) is 0 Å². The Morgan fingerprint density at radius 1 is 1.07 bits per heavy atom. The van der Waals surface area contributed by atoms with Crippen molar-refractivity contribution in [3.8, 4) is 0 Å². The Morgan fingerprint density at radius 3 is 2.10 bits per heavy atom. The highest BCUT2D eigenvalue weighted by molar-refractivity contribution is 7.45. The first kappa shape index (κ1) is 26.5. The van der Waals surface area contributed by atoms with Crippen LogP contribution in [0, 0.1) is 11.8 Å². The molecule has 172 valence electrons. The van der Waals surface area contributed by atoms with Gasteiger partial charge in [-0.2, -0.15) is 0 Å². The summed E-state index contributed by atoms with van der Waals surface area (Å²) in [6, 6.07) is 0. The molecule has 2 aliphatic rings. The number of hydrogen-bond donors (Lipinski definition) is 4. The Morgan fingerprint density at radius 2 is 1.59 bits per heavy atom. The molecule has 0 amide bonds. The maximum Gasteiger partial charge on any atom is 0.466 e. The van der Waals surface area contributed by atoms with Gasteiger partial charge < -0.3 is 29.4 Å². The van der Waals surface area contributed by atoms with Gasteiger partial charge in [0.25, 0.3) is 0 Å². The number of likely N-dealkylation sites (N-methyl/N-ethyl adjacent to an activating group) is 1. The number of phosphoric acid groups is 1. The van der Waals surface area contributed by atoms with Gasteiger partial charge in [-0.25, -0.2) is 4.57 Å². The van der Waals surface area contributed by atoms with Crippen molar-refractivity contribution in [1.29, 1.82) is 0 Å². The second kappa shape index (κ2) is 12.4. The first-order chi connectivity index (χ1) is 13.5. The molecule has 1 unspecified atom stereocenters. The minimum Gasteiger partial charge on any atom is -0.461 e. The highest BCUT2D eigenvalue weighted by Crippen LogP contribution is 2.45.